The molecular weight excluding hydrogens is 338 g/mol. The zero-order valence-corrected chi connectivity index (χ0v) is 13.8. The molecule has 0 aromatic heterocycles. The molecule has 0 fully saturated rings. The summed E-state index contributed by atoms with van der Waals surface area (Å²) in [7, 11) is -3.88. The van der Waals surface area contributed by atoms with Gasteiger partial charge in [0.15, 0.2) is 0 Å². The van der Waals surface area contributed by atoms with E-state index in [1.807, 2.05) is 0 Å². The number of amides is 1. The van der Waals surface area contributed by atoms with Gasteiger partial charge in [0, 0.05) is 17.6 Å². The molecule has 7 heteroatoms. The fraction of sp³-hybridized carbons (Fsp3) is 0.0625. The molecule has 0 saturated heterocycles. The van der Waals surface area contributed by atoms with Crippen LogP contribution in [0.4, 0.5) is 5.69 Å². The minimum atomic E-state index is -3.88. The van der Waals surface area contributed by atoms with E-state index in [9.17, 15) is 13.2 Å². The fourth-order valence-corrected chi connectivity index (χ4v) is 2.58. The highest BCUT2D eigenvalue weighted by atomic mass is 35.5. The maximum absolute atomic E-state index is 11.9. The van der Waals surface area contributed by atoms with E-state index in [0.717, 1.165) is 5.41 Å². The molecular formula is C16H14ClNO4S. The standard InChI is InChI=1S/C16H14ClNO4S/c1-12(19)18-15-6-8-16(9-7-15)22-23(20,21)11-10-13-2-4-14(17)5-3-13/h2-11H,1H3,(H,18,19)/b11-10+. The topological polar surface area (TPSA) is 72.5 Å². The highest BCUT2D eigenvalue weighted by molar-refractivity contribution is 7.90. The van der Waals surface area contributed by atoms with Crippen molar-refractivity contribution in [3.8, 4) is 5.75 Å². The number of hydrogen-bond donors (Lipinski definition) is 1. The summed E-state index contributed by atoms with van der Waals surface area (Å²) in [5, 5.41) is 4.12. The van der Waals surface area contributed by atoms with E-state index in [1.54, 1.807) is 36.4 Å². The number of hydrogen-bond acceptors (Lipinski definition) is 4. The Hall–Kier alpha value is -2.31. The smallest absolute Gasteiger partial charge is 0.332 e. The van der Waals surface area contributed by atoms with Gasteiger partial charge in [-0.15, -0.1) is 0 Å². The van der Waals surface area contributed by atoms with Gasteiger partial charge in [-0.3, -0.25) is 4.79 Å². The normalized spacial score (nSPS) is 11.4. The third kappa shape index (κ3) is 5.77. The molecule has 2 rings (SSSR count). The van der Waals surface area contributed by atoms with Crippen LogP contribution in [0.25, 0.3) is 6.08 Å². The number of carbonyl (C=O) groups is 1. The average Bonchev–Trinajstić information content (AvgIpc) is 2.48. The highest BCUT2D eigenvalue weighted by Gasteiger charge is 2.08. The third-order valence-electron chi connectivity index (χ3n) is 2.68. The molecule has 0 unspecified atom stereocenters. The van der Waals surface area contributed by atoms with Crippen molar-refractivity contribution in [2.24, 2.45) is 0 Å². The SMILES string of the molecule is CC(=O)Nc1ccc(OS(=O)(=O)/C=C/c2ccc(Cl)cc2)cc1. The number of anilines is 1. The molecule has 0 heterocycles. The van der Waals surface area contributed by atoms with E-state index in [2.05, 4.69) is 5.32 Å². The number of carbonyl (C=O) groups excluding carboxylic acids is 1. The van der Waals surface area contributed by atoms with Crippen LogP contribution in [0.5, 0.6) is 5.75 Å². The molecule has 5 nitrogen and oxygen atoms in total. The molecule has 1 N–H and O–H groups in total. The molecule has 2 aromatic carbocycles. The lowest BCUT2D eigenvalue weighted by molar-refractivity contribution is -0.114. The maximum atomic E-state index is 11.9. The van der Waals surface area contributed by atoms with Crippen LogP contribution in [0.3, 0.4) is 0 Å². The van der Waals surface area contributed by atoms with Crippen molar-refractivity contribution in [2.75, 3.05) is 5.32 Å². The summed E-state index contributed by atoms with van der Waals surface area (Å²) in [4.78, 5) is 10.9. The monoisotopic (exact) mass is 351 g/mol. The van der Waals surface area contributed by atoms with Crippen LogP contribution in [0.1, 0.15) is 12.5 Å². The van der Waals surface area contributed by atoms with E-state index in [1.165, 1.54) is 25.1 Å². The Bertz CT molecular complexity index is 812. The highest BCUT2D eigenvalue weighted by Crippen LogP contribution is 2.18. The van der Waals surface area contributed by atoms with Crippen molar-refractivity contribution in [1.82, 2.24) is 0 Å². The molecule has 0 aliphatic carbocycles. The van der Waals surface area contributed by atoms with Crippen LogP contribution < -0.4 is 9.50 Å². The summed E-state index contributed by atoms with van der Waals surface area (Å²) in [5.74, 6) is -0.0583. The van der Waals surface area contributed by atoms with E-state index >= 15 is 0 Å². The van der Waals surface area contributed by atoms with Gasteiger partial charge in [0.25, 0.3) is 0 Å². The van der Waals surface area contributed by atoms with E-state index < -0.39 is 10.1 Å². The van der Waals surface area contributed by atoms with Gasteiger partial charge >= 0.3 is 10.1 Å². The predicted octanol–water partition coefficient (Wildman–Crippen LogP) is 3.68. The van der Waals surface area contributed by atoms with Crippen LogP contribution in [0, 0.1) is 0 Å². The Kier molecular flexibility index (Phi) is 5.41. The first kappa shape index (κ1) is 17.1. The van der Waals surface area contributed by atoms with Crippen molar-refractivity contribution in [1.29, 1.82) is 0 Å². The average molecular weight is 352 g/mol. The van der Waals surface area contributed by atoms with Gasteiger partial charge in [0.1, 0.15) is 5.75 Å². The fourth-order valence-electron chi connectivity index (χ4n) is 1.69. The van der Waals surface area contributed by atoms with Gasteiger partial charge in [-0.05, 0) is 48.0 Å². The van der Waals surface area contributed by atoms with Gasteiger partial charge < -0.3 is 9.50 Å². The lowest BCUT2D eigenvalue weighted by Gasteiger charge is -2.05. The summed E-state index contributed by atoms with van der Waals surface area (Å²) in [6.45, 7) is 1.39. The lowest BCUT2D eigenvalue weighted by atomic mass is 10.2. The molecule has 120 valence electrons. The second-order valence-corrected chi connectivity index (χ2v) is 6.50. The quantitative estimate of drug-likeness (QED) is 0.834. The Labute approximate surface area is 139 Å². The van der Waals surface area contributed by atoms with Gasteiger partial charge in [-0.25, -0.2) is 0 Å². The maximum Gasteiger partial charge on any atom is 0.332 e. The molecule has 0 aliphatic rings. The summed E-state index contributed by atoms with van der Waals surface area (Å²) in [6, 6.07) is 12.7. The van der Waals surface area contributed by atoms with E-state index in [0.29, 0.717) is 16.3 Å². The molecule has 0 bridgehead atoms. The van der Waals surface area contributed by atoms with Crippen LogP contribution >= 0.6 is 11.6 Å². The molecule has 0 saturated carbocycles. The molecule has 2 aromatic rings. The van der Waals surface area contributed by atoms with Crippen molar-refractivity contribution in [3.05, 3.63) is 64.5 Å². The Morgan fingerprint density at radius 2 is 1.70 bits per heavy atom. The zero-order chi connectivity index (χ0) is 16.9. The van der Waals surface area contributed by atoms with Gasteiger partial charge in [-0.1, -0.05) is 23.7 Å². The number of benzene rings is 2. The first-order chi connectivity index (χ1) is 10.8. The Balaban J connectivity index is 2.05. The van der Waals surface area contributed by atoms with Gasteiger partial charge in [0.2, 0.25) is 5.91 Å². The zero-order valence-electron chi connectivity index (χ0n) is 12.2. The van der Waals surface area contributed by atoms with Crippen molar-refractivity contribution < 1.29 is 17.4 Å². The number of rotatable bonds is 5. The molecule has 0 aliphatic heterocycles. The van der Waals surface area contributed by atoms with Crippen LogP contribution in [0.2, 0.25) is 5.02 Å². The second-order valence-electron chi connectivity index (χ2n) is 4.64. The number of halogens is 1. The Morgan fingerprint density at radius 1 is 1.09 bits per heavy atom. The first-order valence-corrected chi connectivity index (χ1v) is 8.45. The lowest BCUT2D eigenvalue weighted by Crippen LogP contribution is -2.07. The predicted molar refractivity (Wildman–Crippen MR) is 90.8 cm³/mol. The van der Waals surface area contributed by atoms with Crippen LogP contribution in [-0.2, 0) is 14.9 Å². The van der Waals surface area contributed by atoms with E-state index in [-0.39, 0.29) is 11.7 Å². The van der Waals surface area contributed by atoms with Gasteiger partial charge in [0.05, 0.1) is 5.41 Å². The summed E-state index contributed by atoms with van der Waals surface area (Å²) in [5.41, 5.74) is 1.24. The van der Waals surface area contributed by atoms with Crippen molar-refractivity contribution in [3.63, 3.8) is 0 Å². The van der Waals surface area contributed by atoms with Crippen molar-refractivity contribution >= 4 is 39.4 Å². The van der Waals surface area contributed by atoms with Crippen molar-refractivity contribution in [2.45, 2.75) is 6.92 Å². The molecule has 0 spiro atoms. The largest absolute Gasteiger partial charge is 0.379 e. The summed E-state index contributed by atoms with van der Waals surface area (Å²) >= 11 is 5.76. The van der Waals surface area contributed by atoms with Crippen LogP contribution in [0.15, 0.2) is 53.9 Å². The number of nitrogens with one attached hydrogen (secondary N) is 1. The first-order valence-electron chi connectivity index (χ1n) is 6.60. The summed E-state index contributed by atoms with van der Waals surface area (Å²) in [6.07, 6.45) is 1.41. The molecule has 0 radical (unpaired) electrons. The minimum Gasteiger partial charge on any atom is -0.379 e. The van der Waals surface area contributed by atoms with E-state index in [4.69, 9.17) is 15.8 Å². The van der Waals surface area contributed by atoms with Crippen LogP contribution in [-0.4, -0.2) is 14.3 Å². The second kappa shape index (κ2) is 7.30. The third-order valence-corrected chi connectivity index (χ3v) is 3.83. The molecule has 23 heavy (non-hydrogen) atoms. The molecule has 0 atom stereocenters. The minimum absolute atomic E-state index is 0.153. The van der Waals surface area contributed by atoms with Gasteiger partial charge in [-0.2, -0.15) is 8.42 Å². The molecule has 1 amide bonds. The summed E-state index contributed by atoms with van der Waals surface area (Å²) < 4.78 is 28.8. The Morgan fingerprint density at radius 3 is 2.26 bits per heavy atom.